The summed E-state index contributed by atoms with van der Waals surface area (Å²) in [6, 6.07) is 7.81. The maximum absolute atomic E-state index is 11.5. The number of nitrogens with one attached hydrogen (secondary N) is 1. The molecule has 2 N–H and O–H groups in total. The van der Waals surface area contributed by atoms with E-state index in [9.17, 15) is 9.90 Å². The molecule has 0 fully saturated rings. The smallest absolute Gasteiger partial charge is 0.328 e. The van der Waals surface area contributed by atoms with Crippen molar-refractivity contribution in [3.63, 3.8) is 0 Å². The number of aromatic amines is 1. The SMILES string of the molecule is Cn1c(O)c(Cc2cccc(C#CCCOCCCCCCBr)c2)[nH]c1=O. The lowest BCUT2D eigenvalue weighted by Crippen LogP contribution is -2.11. The van der Waals surface area contributed by atoms with Crippen molar-refractivity contribution < 1.29 is 9.84 Å². The summed E-state index contributed by atoms with van der Waals surface area (Å²) in [6.45, 7) is 1.46. The van der Waals surface area contributed by atoms with Gasteiger partial charge in [-0.1, -0.05) is 52.7 Å². The van der Waals surface area contributed by atoms with Gasteiger partial charge in [0.15, 0.2) is 0 Å². The number of imidazole rings is 1. The van der Waals surface area contributed by atoms with Crippen LogP contribution in [0.15, 0.2) is 29.1 Å². The first kappa shape index (κ1) is 21.3. The molecule has 0 aliphatic heterocycles. The van der Waals surface area contributed by atoms with Crippen LogP contribution >= 0.6 is 15.9 Å². The minimum atomic E-state index is -0.318. The molecule has 1 aromatic heterocycles. The normalized spacial score (nSPS) is 10.6. The van der Waals surface area contributed by atoms with Crippen molar-refractivity contribution in [2.75, 3.05) is 18.5 Å². The lowest BCUT2D eigenvalue weighted by Gasteiger charge is -2.02. The molecule has 27 heavy (non-hydrogen) atoms. The predicted molar refractivity (Wildman–Crippen MR) is 112 cm³/mol. The van der Waals surface area contributed by atoms with Gasteiger partial charge in [-0.3, -0.25) is 4.57 Å². The highest BCUT2D eigenvalue weighted by Crippen LogP contribution is 2.16. The van der Waals surface area contributed by atoms with Crippen LogP contribution < -0.4 is 5.69 Å². The molecule has 0 atom stereocenters. The standard InChI is InChI=1S/C21H27BrN2O3/c1-24-20(25)19(23-21(24)26)16-18-11-8-10-17(15-18)9-4-7-14-27-13-6-3-2-5-12-22/h8,10-11,15,25H,2-3,5-7,12-14,16H2,1H3,(H,23,26). The number of benzene rings is 1. The van der Waals surface area contributed by atoms with Gasteiger partial charge in [0.05, 0.1) is 12.3 Å². The second-order valence-corrected chi connectivity index (χ2v) is 7.23. The van der Waals surface area contributed by atoms with Crippen molar-refractivity contribution in [2.45, 2.75) is 38.5 Å². The third-order valence-electron chi connectivity index (χ3n) is 4.23. The maximum Gasteiger partial charge on any atom is 0.328 e. The van der Waals surface area contributed by atoms with Crippen molar-refractivity contribution >= 4 is 15.9 Å². The van der Waals surface area contributed by atoms with Crippen LogP contribution in [0.5, 0.6) is 5.88 Å². The topological polar surface area (TPSA) is 67.2 Å². The Labute approximate surface area is 168 Å². The van der Waals surface area contributed by atoms with Gasteiger partial charge in [0, 0.05) is 37.4 Å². The van der Waals surface area contributed by atoms with E-state index in [1.807, 2.05) is 24.3 Å². The molecule has 6 heteroatoms. The summed E-state index contributed by atoms with van der Waals surface area (Å²) in [5.74, 6) is 6.26. The Morgan fingerprint density at radius 3 is 2.78 bits per heavy atom. The van der Waals surface area contributed by atoms with Gasteiger partial charge >= 0.3 is 5.69 Å². The molecule has 0 aliphatic carbocycles. The number of ether oxygens (including phenoxy) is 1. The van der Waals surface area contributed by atoms with Crippen molar-refractivity contribution in [1.29, 1.82) is 0 Å². The quantitative estimate of drug-likeness (QED) is 0.340. The van der Waals surface area contributed by atoms with E-state index >= 15 is 0 Å². The average Bonchev–Trinajstić information content (AvgIpc) is 2.90. The van der Waals surface area contributed by atoms with E-state index < -0.39 is 0 Å². The molecule has 1 aromatic carbocycles. The average molecular weight is 435 g/mol. The zero-order chi connectivity index (χ0) is 19.5. The van der Waals surface area contributed by atoms with E-state index in [0.29, 0.717) is 25.1 Å². The predicted octanol–water partition coefficient (Wildman–Crippen LogP) is 3.72. The number of unbranched alkanes of at least 4 members (excludes halogenated alkanes) is 3. The first-order chi connectivity index (χ1) is 13.1. The number of rotatable bonds is 10. The summed E-state index contributed by atoms with van der Waals surface area (Å²) >= 11 is 3.43. The molecular weight excluding hydrogens is 408 g/mol. The lowest BCUT2D eigenvalue weighted by molar-refractivity contribution is 0.135. The molecule has 0 unspecified atom stereocenters. The summed E-state index contributed by atoms with van der Waals surface area (Å²) in [6.07, 6.45) is 5.96. The third-order valence-corrected chi connectivity index (χ3v) is 4.80. The second-order valence-electron chi connectivity index (χ2n) is 6.44. The van der Waals surface area contributed by atoms with Gasteiger partial charge < -0.3 is 14.8 Å². The number of halogens is 1. The van der Waals surface area contributed by atoms with Crippen LogP contribution in [0.2, 0.25) is 0 Å². The van der Waals surface area contributed by atoms with Gasteiger partial charge in [0.2, 0.25) is 5.88 Å². The van der Waals surface area contributed by atoms with Crippen LogP contribution in [-0.2, 0) is 18.2 Å². The molecule has 0 aliphatic rings. The van der Waals surface area contributed by atoms with Crippen molar-refractivity contribution in [3.8, 4) is 17.7 Å². The van der Waals surface area contributed by atoms with Crippen LogP contribution in [0.4, 0.5) is 0 Å². The number of aromatic hydroxyl groups is 1. The van der Waals surface area contributed by atoms with E-state index in [2.05, 4.69) is 32.8 Å². The zero-order valence-electron chi connectivity index (χ0n) is 15.8. The van der Waals surface area contributed by atoms with Gasteiger partial charge in [0.25, 0.3) is 0 Å². The van der Waals surface area contributed by atoms with Crippen LogP contribution in [0.25, 0.3) is 0 Å². The highest BCUT2D eigenvalue weighted by Gasteiger charge is 2.10. The molecule has 2 rings (SSSR count). The minimum Gasteiger partial charge on any atom is -0.493 e. The van der Waals surface area contributed by atoms with E-state index in [0.717, 1.165) is 29.5 Å². The number of nitrogens with zero attached hydrogens (tertiary/aromatic N) is 1. The third kappa shape index (κ3) is 7.28. The molecule has 1 heterocycles. The first-order valence-electron chi connectivity index (χ1n) is 9.30. The largest absolute Gasteiger partial charge is 0.493 e. The molecule has 5 nitrogen and oxygen atoms in total. The summed E-state index contributed by atoms with van der Waals surface area (Å²) < 4.78 is 6.80. The Kier molecular flexibility index (Phi) is 9.23. The Balaban J connectivity index is 1.77. The van der Waals surface area contributed by atoms with Crippen molar-refractivity contribution in [2.24, 2.45) is 7.05 Å². The van der Waals surface area contributed by atoms with E-state index in [1.165, 1.54) is 30.9 Å². The fraction of sp³-hybridized carbons (Fsp3) is 0.476. The Hall–Kier alpha value is -1.97. The maximum atomic E-state index is 11.5. The van der Waals surface area contributed by atoms with Crippen LogP contribution in [-0.4, -0.2) is 33.2 Å². The van der Waals surface area contributed by atoms with Crippen molar-refractivity contribution in [1.82, 2.24) is 9.55 Å². The number of hydrogen-bond acceptors (Lipinski definition) is 3. The zero-order valence-corrected chi connectivity index (χ0v) is 17.3. The fourth-order valence-electron chi connectivity index (χ4n) is 2.70. The lowest BCUT2D eigenvalue weighted by atomic mass is 10.1. The molecule has 0 saturated carbocycles. The van der Waals surface area contributed by atoms with Crippen molar-refractivity contribution in [3.05, 3.63) is 51.6 Å². The molecule has 0 bridgehead atoms. The number of hydrogen-bond donors (Lipinski definition) is 2. The van der Waals surface area contributed by atoms with E-state index in [4.69, 9.17) is 4.74 Å². The monoisotopic (exact) mass is 434 g/mol. The second kappa shape index (κ2) is 11.7. The van der Waals surface area contributed by atoms with Gasteiger partial charge in [-0.05, 0) is 30.5 Å². The van der Waals surface area contributed by atoms with Gasteiger partial charge in [-0.15, -0.1) is 0 Å². The molecule has 0 saturated heterocycles. The van der Waals surface area contributed by atoms with Gasteiger partial charge in [-0.25, -0.2) is 4.79 Å². The molecule has 146 valence electrons. The van der Waals surface area contributed by atoms with Gasteiger partial charge in [-0.2, -0.15) is 0 Å². The van der Waals surface area contributed by atoms with Gasteiger partial charge in [0.1, 0.15) is 0 Å². The number of aromatic nitrogens is 2. The van der Waals surface area contributed by atoms with E-state index in [-0.39, 0.29) is 11.6 Å². The van der Waals surface area contributed by atoms with E-state index in [1.54, 1.807) is 0 Å². The van der Waals surface area contributed by atoms with Crippen LogP contribution in [0.3, 0.4) is 0 Å². The summed E-state index contributed by atoms with van der Waals surface area (Å²) in [4.78, 5) is 14.2. The van der Waals surface area contributed by atoms with Crippen LogP contribution in [0.1, 0.15) is 48.9 Å². The Bertz CT molecular complexity index is 830. The fourth-order valence-corrected chi connectivity index (χ4v) is 3.09. The molecule has 0 radical (unpaired) electrons. The summed E-state index contributed by atoms with van der Waals surface area (Å²) in [5.41, 5.74) is 2.09. The summed E-state index contributed by atoms with van der Waals surface area (Å²) in [5, 5.41) is 11.0. The molecule has 0 amide bonds. The molecule has 2 aromatic rings. The summed E-state index contributed by atoms with van der Waals surface area (Å²) in [7, 11) is 1.53. The molecular formula is C21H27BrN2O3. The number of H-pyrrole nitrogens is 1. The number of alkyl halides is 1. The minimum absolute atomic E-state index is 0.0270. The highest BCUT2D eigenvalue weighted by atomic mass is 79.9. The Morgan fingerprint density at radius 1 is 1.22 bits per heavy atom. The first-order valence-corrected chi connectivity index (χ1v) is 10.4. The highest BCUT2D eigenvalue weighted by molar-refractivity contribution is 9.09. The Morgan fingerprint density at radius 2 is 2.04 bits per heavy atom. The van der Waals surface area contributed by atoms with Crippen LogP contribution in [0, 0.1) is 11.8 Å². The molecule has 0 spiro atoms.